The van der Waals surface area contributed by atoms with E-state index < -0.39 is 37.9 Å². The van der Waals surface area contributed by atoms with Crippen LogP contribution >= 0.6 is 0 Å². The number of hydrogen-bond donors (Lipinski definition) is 2. The molecule has 1 aromatic heterocycles. The summed E-state index contributed by atoms with van der Waals surface area (Å²) in [7, 11) is -7.61. The van der Waals surface area contributed by atoms with Crippen molar-refractivity contribution in [2.45, 2.75) is 50.2 Å². The lowest BCUT2D eigenvalue weighted by Crippen LogP contribution is -2.51. The number of nitrogens with one attached hydrogen (secondary N) is 1. The van der Waals surface area contributed by atoms with Crippen molar-refractivity contribution in [3.63, 3.8) is 0 Å². The maximum absolute atomic E-state index is 13.7. The van der Waals surface area contributed by atoms with Crippen molar-refractivity contribution in [3.8, 4) is 11.5 Å². The summed E-state index contributed by atoms with van der Waals surface area (Å²) in [5.74, 6) is -0.360. The van der Waals surface area contributed by atoms with Crippen LogP contribution in [0.25, 0.3) is 0 Å². The first kappa shape index (κ1) is 33.4. The van der Waals surface area contributed by atoms with Crippen molar-refractivity contribution in [1.82, 2.24) is 14.6 Å². The van der Waals surface area contributed by atoms with Gasteiger partial charge in [-0.2, -0.15) is 4.31 Å². The lowest BCUT2D eigenvalue weighted by molar-refractivity contribution is -0.122. The molecule has 0 fully saturated rings. The fourth-order valence-electron chi connectivity index (χ4n) is 4.79. The number of aromatic nitrogens is 1. The number of hydrogen-bond acceptors (Lipinski definition) is 9. The van der Waals surface area contributed by atoms with Crippen LogP contribution in [0.2, 0.25) is 0 Å². The highest BCUT2D eigenvalue weighted by molar-refractivity contribution is 7.91. The van der Waals surface area contributed by atoms with Gasteiger partial charge in [-0.3, -0.25) is 9.78 Å². The first-order chi connectivity index (χ1) is 20.9. The number of amides is 1. The van der Waals surface area contributed by atoms with Crippen LogP contribution in [0.3, 0.4) is 0 Å². The van der Waals surface area contributed by atoms with Gasteiger partial charge in [-0.15, -0.1) is 0 Å². The number of pyridine rings is 1. The number of aliphatic hydroxyl groups excluding tert-OH is 1. The molecule has 3 aromatic rings. The molecule has 0 saturated heterocycles. The predicted octanol–water partition coefficient (Wildman–Crippen LogP) is 2.59. The van der Waals surface area contributed by atoms with Crippen LogP contribution in [0.1, 0.15) is 31.5 Å². The molecule has 11 nitrogen and oxygen atoms in total. The third kappa shape index (κ3) is 9.49. The second-order valence-electron chi connectivity index (χ2n) is 11.1. The molecule has 1 aliphatic heterocycles. The maximum Gasteiger partial charge on any atom is 0.243 e. The Balaban J connectivity index is 1.47. The quantitative estimate of drug-likeness (QED) is 0.239. The zero-order valence-corrected chi connectivity index (χ0v) is 26.5. The number of ether oxygens (including phenoxy) is 2. The molecule has 2 heterocycles. The Morgan fingerprint density at radius 2 is 1.68 bits per heavy atom. The summed E-state index contributed by atoms with van der Waals surface area (Å²) in [5.41, 5.74) is 1.46. The lowest BCUT2D eigenvalue weighted by atomic mass is 10.0. The Morgan fingerprint density at radius 1 is 0.955 bits per heavy atom. The van der Waals surface area contributed by atoms with Gasteiger partial charge in [0.2, 0.25) is 22.7 Å². The molecule has 0 unspecified atom stereocenters. The van der Waals surface area contributed by atoms with Gasteiger partial charge < -0.3 is 19.9 Å². The maximum atomic E-state index is 13.7. The summed E-state index contributed by atoms with van der Waals surface area (Å²) in [4.78, 5) is 17.1. The number of carbonyl (C=O) groups excluding carboxylic acids is 1. The van der Waals surface area contributed by atoms with Crippen LogP contribution in [0.5, 0.6) is 11.5 Å². The van der Waals surface area contributed by atoms with E-state index in [4.69, 9.17) is 9.47 Å². The molecule has 238 valence electrons. The van der Waals surface area contributed by atoms with Gasteiger partial charge in [0.25, 0.3) is 0 Å². The summed E-state index contributed by atoms with van der Waals surface area (Å²) >= 11 is 0. The SMILES string of the molecule is CC(C)CN(C[C@@H](O)[C@H](Cc1ccccc1)NC(=O)CCS(=O)(=O)CCc1ccccn1)S(=O)(=O)c1ccc2c(c1)OCO2. The Bertz CT molecular complexity index is 1600. The summed E-state index contributed by atoms with van der Waals surface area (Å²) in [6, 6.07) is 17.9. The van der Waals surface area contributed by atoms with E-state index in [1.165, 1.54) is 22.5 Å². The molecule has 0 saturated carbocycles. The number of sulfonamides is 1. The van der Waals surface area contributed by atoms with Gasteiger partial charge in [0.05, 0.1) is 28.5 Å². The van der Waals surface area contributed by atoms with E-state index >= 15 is 0 Å². The molecule has 0 radical (unpaired) electrons. The fraction of sp³-hybridized carbons (Fsp3) is 0.419. The van der Waals surface area contributed by atoms with Crippen molar-refractivity contribution >= 4 is 25.8 Å². The molecule has 1 aliphatic rings. The number of aliphatic hydroxyl groups is 1. The van der Waals surface area contributed by atoms with Crippen LogP contribution in [0.15, 0.2) is 77.8 Å². The molecular weight excluding hydrogens is 606 g/mol. The summed E-state index contributed by atoms with van der Waals surface area (Å²) in [5, 5.41) is 14.2. The summed E-state index contributed by atoms with van der Waals surface area (Å²) in [6.45, 7) is 3.56. The molecule has 0 bridgehead atoms. The highest BCUT2D eigenvalue weighted by Crippen LogP contribution is 2.35. The molecule has 2 atom stereocenters. The van der Waals surface area contributed by atoms with Crippen molar-refractivity contribution in [1.29, 1.82) is 0 Å². The van der Waals surface area contributed by atoms with Gasteiger partial charge in [0.1, 0.15) is 0 Å². The largest absolute Gasteiger partial charge is 0.454 e. The highest BCUT2D eigenvalue weighted by Gasteiger charge is 2.32. The fourth-order valence-corrected chi connectivity index (χ4v) is 7.65. The molecule has 44 heavy (non-hydrogen) atoms. The molecule has 2 aromatic carbocycles. The minimum atomic E-state index is -4.07. The third-order valence-electron chi connectivity index (χ3n) is 7.09. The number of aryl methyl sites for hydroxylation is 1. The first-order valence-electron chi connectivity index (χ1n) is 14.4. The first-order valence-corrected chi connectivity index (χ1v) is 17.7. The van der Waals surface area contributed by atoms with Gasteiger partial charge in [0.15, 0.2) is 21.3 Å². The summed E-state index contributed by atoms with van der Waals surface area (Å²) in [6.07, 6.45) is 0.440. The zero-order valence-electron chi connectivity index (χ0n) is 24.8. The topological polar surface area (TPSA) is 152 Å². The standard InChI is InChI=1S/C31H39N3O8S2/c1-23(2)20-34(44(39,40)26-11-12-29-30(19-26)42-22-41-29)21-28(35)27(18-24-8-4-3-5-9-24)33-31(36)14-17-43(37,38)16-13-25-10-6-7-15-32-25/h3-12,15,19,23,27-28,35H,13-14,16-18,20-22H2,1-2H3,(H,33,36)/t27-,28+/m0/s1. The number of fused-ring (bicyclic) bond motifs is 1. The number of rotatable bonds is 16. The van der Waals surface area contributed by atoms with E-state index in [0.717, 1.165) is 5.56 Å². The third-order valence-corrected chi connectivity index (χ3v) is 10.6. The van der Waals surface area contributed by atoms with Crippen molar-refractivity contribution in [3.05, 3.63) is 84.2 Å². The molecule has 1 amide bonds. The van der Waals surface area contributed by atoms with Crippen LogP contribution in [-0.4, -0.2) is 80.7 Å². The van der Waals surface area contributed by atoms with E-state index in [0.29, 0.717) is 17.2 Å². The number of sulfone groups is 1. The van der Waals surface area contributed by atoms with Gasteiger partial charge in [-0.1, -0.05) is 50.2 Å². The monoisotopic (exact) mass is 645 g/mol. The van der Waals surface area contributed by atoms with E-state index in [9.17, 15) is 26.7 Å². The van der Waals surface area contributed by atoms with E-state index in [1.54, 1.807) is 24.4 Å². The Morgan fingerprint density at radius 3 is 2.39 bits per heavy atom. The van der Waals surface area contributed by atoms with Gasteiger partial charge in [-0.25, -0.2) is 16.8 Å². The molecule has 0 aliphatic carbocycles. The van der Waals surface area contributed by atoms with Crippen molar-refractivity contribution < 1.29 is 36.2 Å². The second-order valence-corrected chi connectivity index (χ2v) is 15.4. The van der Waals surface area contributed by atoms with E-state index in [-0.39, 0.29) is 61.5 Å². The van der Waals surface area contributed by atoms with Crippen molar-refractivity contribution in [2.24, 2.45) is 5.92 Å². The van der Waals surface area contributed by atoms with Gasteiger partial charge in [-0.05, 0) is 42.2 Å². The minimum Gasteiger partial charge on any atom is -0.454 e. The van der Waals surface area contributed by atoms with Crippen molar-refractivity contribution in [2.75, 3.05) is 31.4 Å². The Labute approximate surface area is 259 Å². The van der Waals surface area contributed by atoms with Crippen LogP contribution in [0.4, 0.5) is 0 Å². The van der Waals surface area contributed by atoms with E-state index in [1.807, 2.05) is 44.2 Å². The van der Waals surface area contributed by atoms with Gasteiger partial charge in [0, 0.05) is 43.9 Å². The second kappa shape index (κ2) is 15.0. The Kier molecular flexibility index (Phi) is 11.4. The number of nitrogens with zero attached hydrogens (tertiary/aromatic N) is 2. The van der Waals surface area contributed by atoms with Gasteiger partial charge >= 0.3 is 0 Å². The van der Waals surface area contributed by atoms with E-state index in [2.05, 4.69) is 10.3 Å². The number of carbonyl (C=O) groups is 1. The predicted molar refractivity (Wildman–Crippen MR) is 165 cm³/mol. The summed E-state index contributed by atoms with van der Waals surface area (Å²) < 4.78 is 64.6. The van der Waals surface area contributed by atoms with Crippen LogP contribution < -0.4 is 14.8 Å². The molecule has 13 heteroatoms. The lowest BCUT2D eigenvalue weighted by Gasteiger charge is -2.31. The van der Waals surface area contributed by atoms with Crippen LogP contribution in [-0.2, 0) is 37.5 Å². The highest BCUT2D eigenvalue weighted by atomic mass is 32.2. The molecule has 0 spiro atoms. The average Bonchev–Trinajstić information content (AvgIpc) is 3.48. The molecular formula is C31H39N3O8S2. The van der Waals surface area contributed by atoms with Crippen LogP contribution in [0, 0.1) is 5.92 Å². The normalized spacial score (nSPS) is 14.5. The number of benzene rings is 2. The molecule has 4 rings (SSSR count). The average molecular weight is 646 g/mol. The smallest absolute Gasteiger partial charge is 0.243 e. The zero-order chi connectivity index (χ0) is 31.7. The Hall–Kier alpha value is -3.52. The minimum absolute atomic E-state index is 0.000342. The molecule has 2 N–H and O–H groups in total.